The Morgan fingerprint density at radius 2 is 1.76 bits per heavy atom. The number of anilines is 1. The van der Waals surface area contributed by atoms with Gasteiger partial charge in [0.25, 0.3) is 0 Å². The number of carbonyl (C=O) groups excluding carboxylic acids is 1. The molecule has 3 rings (SSSR count). The van der Waals surface area contributed by atoms with Crippen LogP contribution in [0, 0.1) is 11.8 Å². The number of sulfonamides is 1. The van der Waals surface area contributed by atoms with Crippen LogP contribution in [-0.4, -0.2) is 99.0 Å². The standard InChI is InChI=1S/C25H42N4O4S/c1-7-27(8-2)25(31)24-13-20-12-22(34(32,33)28-14-18(3)11-19(4)15-28)9-10-23(20)29(24)17-21(30)16-26(5)6/h9-10,12,18-19,21,24,30H,7-8,11,13-17H2,1-6H3. The number of aliphatic hydroxyl groups is 1. The Morgan fingerprint density at radius 1 is 1.15 bits per heavy atom. The maximum Gasteiger partial charge on any atom is 0.245 e. The number of aliphatic hydroxyl groups excluding tert-OH is 1. The third-order valence-electron chi connectivity index (χ3n) is 6.97. The molecule has 34 heavy (non-hydrogen) atoms. The van der Waals surface area contributed by atoms with Gasteiger partial charge in [-0.3, -0.25) is 4.79 Å². The van der Waals surface area contributed by atoms with E-state index >= 15 is 0 Å². The van der Waals surface area contributed by atoms with Gasteiger partial charge in [-0.2, -0.15) is 4.31 Å². The lowest BCUT2D eigenvalue weighted by atomic mass is 9.94. The Labute approximate surface area is 205 Å². The van der Waals surface area contributed by atoms with Crippen LogP contribution in [0.15, 0.2) is 23.1 Å². The van der Waals surface area contributed by atoms with Crippen molar-refractivity contribution in [3.05, 3.63) is 23.8 Å². The molecule has 1 saturated heterocycles. The van der Waals surface area contributed by atoms with Crippen molar-refractivity contribution in [3.8, 4) is 0 Å². The van der Waals surface area contributed by atoms with Crippen molar-refractivity contribution in [2.45, 2.75) is 57.6 Å². The van der Waals surface area contributed by atoms with E-state index in [4.69, 9.17) is 0 Å². The normalized spacial score (nSPS) is 24.4. The van der Waals surface area contributed by atoms with Crippen LogP contribution >= 0.6 is 0 Å². The molecule has 0 bridgehead atoms. The van der Waals surface area contributed by atoms with Gasteiger partial charge in [0.05, 0.1) is 11.0 Å². The van der Waals surface area contributed by atoms with Crippen LogP contribution in [0.25, 0.3) is 0 Å². The number of β-amino-alcohol motifs (C(OH)–C–C–N with tert-alkyl or cyclic N) is 1. The molecule has 2 aliphatic rings. The van der Waals surface area contributed by atoms with E-state index in [0.29, 0.717) is 57.5 Å². The molecule has 4 unspecified atom stereocenters. The van der Waals surface area contributed by atoms with Gasteiger partial charge in [-0.1, -0.05) is 13.8 Å². The summed E-state index contributed by atoms with van der Waals surface area (Å²) in [4.78, 5) is 19.3. The molecule has 2 heterocycles. The first-order valence-corrected chi connectivity index (χ1v) is 13.9. The molecule has 0 saturated carbocycles. The van der Waals surface area contributed by atoms with Crippen LogP contribution in [0.5, 0.6) is 0 Å². The monoisotopic (exact) mass is 494 g/mol. The van der Waals surface area contributed by atoms with Crippen LogP contribution in [0.1, 0.15) is 39.7 Å². The van der Waals surface area contributed by atoms with Gasteiger partial charge in [0, 0.05) is 51.4 Å². The number of hydrogen-bond acceptors (Lipinski definition) is 6. The van der Waals surface area contributed by atoms with E-state index in [1.807, 2.05) is 43.8 Å². The van der Waals surface area contributed by atoms with Gasteiger partial charge < -0.3 is 19.8 Å². The van der Waals surface area contributed by atoms with Crippen molar-refractivity contribution in [2.24, 2.45) is 11.8 Å². The van der Waals surface area contributed by atoms with Crippen LogP contribution in [0.3, 0.4) is 0 Å². The maximum absolute atomic E-state index is 13.5. The predicted octanol–water partition coefficient (Wildman–Crippen LogP) is 1.88. The van der Waals surface area contributed by atoms with E-state index < -0.39 is 22.2 Å². The van der Waals surface area contributed by atoms with Gasteiger partial charge in [0.1, 0.15) is 6.04 Å². The van der Waals surface area contributed by atoms with E-state index in [0.717, 1.165) is 17.7 Å². The summed E-state index contributed by atoms with van der Waals surface area (Å²) in [6.45, 7) is 11.2. The van der Waals surface area contributed by atoms with Gasteiger partial charge >= 0.3 is 0 Å². The van der Waals surface area contributed by atoms with E-state index in [9.17, 15) is 18.3 Å². The minimum absolute atomic E-state index is 0.0151. The number of amides is 1. The van der Waals surface area contributed by atoms with Gasteiger partial charge in [-0.05, 0) is 70.0 Å². The number of likely N-dealkylation sites (N-methyl/N-ethyl adjacent to an activating group) is 2. The van der Waals surface area contributed by atoms with E-state index in [-0.39, 0.29) is 10.8 Å². The van der Waals surface area contributed by atoms with Crippen molar-refractivity contribution < 1.29 is 18.3 Å². The molecule has 8 nitrogen and oxygen atoms in total. The summed E-state index contributed by atoms with van der Waals surface area (Å²) in [6, 6.07) is 4.78. The third-order valence-corrected chi connectivity index (χ3v) is 8.79. The molecule has 0 aromatic heterocycles. The predicted molar refractivity (Wildman–Crippen MR) is 135 cm³/mol. The van der Waals surface area contributed by atoms with Crippen LogP contribution in [0.4, 0.5) is 5.69 Å². The van der Waals surface area contributed by atoms with E-state index in [2.05, 4.69) is 13.8 Å². The molecule has 2 aliphatic heterocycles. The van der Waals surface area contributed by atoms with Crippen molar-refractivity contribution in [2.75, 3.05) is 58.3 Å². The number of rotatable bonds is 9. The highest BCUT2D eigenvalue weighted by Crippen LogP contribution is 2.36. The van der Waals surface area contributed by atoms with E-state index in [1.54, 1.807) is 21.3 Å². The smallest absolute Gasteiger partial charge is 0.245 e. The first-order chi connectivity index (χ1) is 16.0. The lowest BCUT2D eigenvalue weighted by Gasteiger charge is -2.34. The zero-order valence-corrected chi connectivity index (χ0v) is 22.4. The molecular formula is C25H42N4O4S. The van der Waals surface area contributed by atoms with Gasteiger partial charge in [0.15, 0.2) is 0 Å². The minimum atomic E-state index is -3.61. The highest BCUT2D eigenvalue weighted by Gasteiger charge is 2.39. The SMILES string of the molecule is CCN(CC)C(=O)C1Cc2cc(S(=O)(=O)N3CC(C)CC(C)C3)ccc2N1CC(O)CN(C)C. The third kappa shape index (κ3) is 5.75. The van der Waals surface area contributed by atoms with Crippen molar-refractivity contribution in [1.82, 2.24) is 14.1 Å². The summed E-state index contributed by atoms with van der Waals surface area (Å²) in [5.74, 6) is 0.678. The molecule has 0 radical (unpaired) electrons. The zero-order chi connectivity index (χ0) is 25.2. The maximum atomic E-state index is 13.5. The largest absolute Gasteiger partial charge is 0.390 e. The Morgan fingerprint density at radius 3 is 2.32 bits per heavy atom. The Balaban J connectivity index is 1.93. The average Bonchev–Trinajstić information content (AvgIpc) is 3.10. The lowest BCUT2D eigenvalue weighted by molar-refractivity contribution is -0.132. The number of piperidine rings is 1. The Bertz CT molecular complexity index is 954. The molecule has 0 spiro atoms. The molecule has 0 aliphatic carbocycles. The van der Waals surface area contributed by atoms with Gasteiger partial charge in [-0.15, -0.1) is 0 Å². The van der Waals surface area contributed by atoms with Crippen molar-refractivity contribution in [1.29, 1.82) is 0 Å². The van der Waals surface area contributed by atoms with Crippen molar-refractivity contribution >= 4 is 21.6 Å². The summed E-state index contributed by atoms with van der Waals surface area (Å²) in [5, 5.41) is 10.7. The topological polar surface area (TPSA) is 84.4 Å². The average molecular weight is 495 g/mol. The molecule has 1 amide bonds. The molecule has 1 aromatic carbocycles. The number of nitrogens with zero attached hydrogens (tertiary/aromatic N) is 4. The lowest BCUT2D eigenvalue weighted by Crippen LogP contribution is -2.50. The van der Waals surface area contributed by atoms with E-state index in [1.165, 1.54) is 0 Å². The second-order valence-electron chi connectivity index (χ2n) is 10.4. The molecule has 192 valence electrons. The summed E-state index contributed by atoms with van der Waals surface area (Å²) in [5.41, 5.74) is 1.68. The second-order valence-corrected chi connectivity index (χ2v) is 12.3. The second kappa shape index (κ2) is 10.9. The molecule has 1 fully saturated rings. The van der Waals surface area contributed by atoms with Crippen LogP contribution in [-0.2, 0) is 21.2 Å². The fourth-order valence-electron chi connectivity index (χ4n) is 5.50. The molecule has 1 N–H and O–H groups in total. The first kappa shape index (κ1) is 26.9. The van der Waals surface area contributed by atoms with Crippen LogP contribution < -0.4 is 4.90 Å². The molecule has 1 aromatic rings. The fourth-order valence-corrected chi connectivity index (χ4v) is 7.23. The summed E-state index contributed by atoms with van der Waals surface area (Å²) in [7, 11) is 0.198. The summed E-state index contributed by atoms with van der Waals surface area (Å²) in [6.07, 6.45) is 0.846. The fraction of sp³-hybridized carbons (Fsp3) is 0.720. The van der Waals surface area contributed by atoms with Gasteiger partial charge in [0.2, 0.25) is 15.9 Å². The highest BCUT2D eigenvalue weighted by molar-refractivity contribution is 7.89. The molecular weight excluding hydrogens is 452 g/mol. The first-order valence-electron chi connectivity index (χ1n) is 12.5. The highest BCUT2D eigenvalue weighted by atomic mass is 32.2. The summed E-state index contributed by atoms with van der Waals surface area (Å²) < 4.78 is 28.5. The Kier molecular flexibility index (Phi) is 8.65. The van der Waals surface area contributed by atoms with Gasteiger partial charge in [-0.25, -0.2) is 8.42 Å². The Hall–Kier alpha value is -1.68. The zero-order valence-electron chi connectivity index (χ0n) is 21.6. The minimum Gasteiger partial charge on any atom is -0.390 e. The number of fused-ring (bicyclic) bond motifs is 1. The number of hydrogen-bond donors (Lipinski definition) is 1. The summed E-state index contributed by atoms with van der Waals surface area (Å²) >= 11 is 0. The molecule has 4 atom stereocenters. The van der Waals surface area contributed by atoms with Crippen molar-refractivity contribution in [3.63, 3.8) is 0 Å². The van der Waals surface area contributed by atoms with Crippen LogP contribution in [0.2, 0.25) is 0 Å². The number of carbonyl (C=O) groups is 1. The number of benzene rings is 1. The quantitative estimate of drug-likeness (QED) is 0.564. The molecule has 9 heteroatoms.